The van der Waals surface area contributed by atoms with Crippen molar-refractivity contribution in [1.29, 1.82) is 0 Å². The number of methoxy groups -OCH3 is 2. The Hall–Kier alpha value is -1.22. The van der Waals surface area contributed by atoms with Gasteiger partial charge in [0.05, 0.1) is 14.2 Å². The van der Waals surface area contributed by atoms with Gasteiger partial charge >= 0.3 is 0 Å². The third kappa shape index (κ3) is 3.45. The van der Waals surface area contributed by atoms with E-state index in [2.05, 4.69) is 31.3 Å². The molecule has 1 unspecified atom stereocenters. The molecule has 2 atom stereocenters. The first-order valence-electron chi connectivity index (χ1n) is 7.63. The van der Waals surface area contributed by atoms with Gasteiger partial charge in [-0.15, -0.1) is 0 Å². The molecule has 0 aliphatic heterocycles. The van der Waals surface area contributed by atoms with Gasteiger partial charge in [0, 0.05) is 12.1 Å². The van der Waals surface area contributed by atoms with Crippen molar-refractivity contribution in [3.63, 3.8) is 0 Å². The van der Waals surface area contributed by atoms with E-state index in [0.29, 0.717) is 12.1 Å². The molecular weight excluding hydrogens is 250 g/mol. The van der Waals surface area contributed by atoms with E-state index in [1.165, 1.54) is 31.2 Å². The predicted molar refractivity (Wildman–Crippen MR) is 82.5 cm³/mol. The van der Waals surface area contributed by atoms with Crippen molar-refractivity contribution in [1.82, 2.24) is 5.32 Å². The van der Waals surface area contributed by atoms with Crippen molar-refractivity contribution >= 4 is 0 Å². The standard InChI is InChI=1S/C17H27NO2/c1-12(14-7-5-6-8-14)18-13(2)15-9-10-16(19-3)17(11-15)20-4/h9-14,18H,5-8H2,1-4H3/t12-,13?/m1/s1. The highest BCUT2D eigenvalue weighted by molar-refractivity contribution is 5.43. The number of nitrogens with one attached hydrogen (secondary N) is 1. The first-order valence-corrected chi connectivity index (χ1v) is 7.63. The van der Waals surface area contributed by atoms with Crippen LogP contribution in [0, 0.1) is 5.92 Å². The Labute approximate surface area is 122 Å². The van der Waals surface area contributed by atoms with Crippen LogP contribution in [0.15, 0.2) is 18.2 Å². The quantitative estimate of drug-likeness (QED) is 0.854. The number of hydrogen-bond acceptors (Lipinski definition) is 3. The van der Waals surface area contributed by atoms with Crippen LogP contribution in [0.5, 0.6) is 11.5 Å². The lowest BCUT2D eigenvalue weighted by Crippen LogP contribution is -2.34. The second-order valence-electron chi connectivity index (χ2n) is 5.84. The van der Waals surface area contributed by atoms with Crippen LogP contribution in [0.4, 0.5) is 0 Å². The monoisotopic (exact) mass is 277 g/mol. The van der Waals surface area contributed by atoms with Crippen LogP contribution in [0.3, 0.4) is 0 Å². The average molecular weight is 277 g/mol. The summed E-state index contributed by atoms with van der Waals surface area (Å²) in [5.74, 6) is 2.41. The van der Waals surface area contributed by atoms with Crippen LogP contribution in [-0.4, -0.2) is 20.3 Å². The van der Waals surface area contributed by atoms with Gasteiger partial charge in [-0.05, 0) is 50.3 Å². The molecule has 1 aliphatic carbocycles. The fourth-order valence-corrected chi connectivity index (χ4v) is 3.21. The lowest BCUT2D eigenvalue weighted by Gasteiger charge is -2.25. The summed E-state index contributed by atoms with van der Waals surface area (Å²) in [6.45, 7) is 4.53. The molecule has 1 aromatic carbocycles. The summed E-state index contributed by atoms with van der Waals surface area (Å²) in [7, 11) is 3.35. The lowest BCUT2D eigenvalue weighted by atomic mass is 9.97. The molecule has 0 aromatic heterocycles. The smallest absolute Gasteiger partial charge is 0.161 e. The first-order chi connectivity index (χ1) is 9.65. The molecule has 20 heavy (non-hydrogen) atoms. The Bertz CT molecular complexity index is 427. The van der Waals surface area contributed by atoms with E-state index < -0.39 is 0 Å². The molecule has 1 fully saturated rings. The van der Waals surface area contributed by atoms with Gasteiger partial charge in [0.25, 0.3) is 0 Å². The van der Waals surface area contributed by atoms with Gasteiger partial charge in [0.2, 0.25) is 0 Å². The Morgan fingerprint density at radius 2 is 1.70 bits per heavy atom. The Morgan fingerprint density at radius 1 is 1.05 bits per heavy atom. The highest BCUT2D eigenvalue weighted by Crippen LogP contribution is 2.32. The summed E-state index contributed by atoms with van der Waals surface area (Å²) in [6.07, 6.45) is 5.52. The van der Waals surface area contributed by atoms with Crippen LogP contribution in [0.1, 0.15) is 51.1 Å². The molecule has 112 valence electrons. The molecule has 1 N–H and O–H groups in total. The summed E-state index contributed by atoms with van der Waals surface area (Å²) in [4.78, 5) is 0. The van der Waals surface area contributed by atoms with Crippen molar-refractivity contribution < 1.29 is 9.47 Å². The van der Waals surface area contributed by atoms with Gasteiger partial charge < -0.3 is 14.8 Å². The molecule has 0 bridgehead atoms. The molecule has 3 heteroatoms. The highest BCUT2D eigenvalue weighted by atomic mass is 16.5. The molecule has 1 aliphatic rings. The predicted octanol–water partition coefficient (Wildman–Crippen LogP) is 3.93. The first kappa shape index (κ1) is 15.2. The van der Waals surface area contributed by atoms with Crippen LogP contribution in [0.2, 0.25) is 0 Å². The van der Waals surface area contributed by atoms with E-state index >= 15 is 0 Å². The molecule has 0 heterocycles. The summed E-state index contributed by atoms with van der Waals surface area (Å²) < 4.78 is 10.7. The largest absolute Gasteiger partial charge is 0.493 e. The molecule has 0 saturated heterocycles. The van der Waals surface area contributed by atoms with Gasteiger partial charge in [-0.3, -0.25) is 0 Å². The lowest BCUT2D eigenvalue weighted by molar-refractivity contribution is 0.345. The topological polar surface area (TPSA) is 30.5 Å². The minimum absolute atomic E-state index is 0.324. The second-order valence-corrected chi connectivity index (χ2v) is 5.84. The number of benzene rings is 1. The van der Waals surface area contributed by atoms with Crippen molar-refractivity contribution in [2.24, 2.45) is 5.92 Å². The molecule has 2 rings (SSSR count). The van der Waals surface area contributed by atoms with Gasteiger partial charge in [0.1, 0.15) is 0 Å². The Kier molecular flexibility index (Phi) is 5.30. The zero-order valence-electron chi connectivity index (χ0n) is 13.1. The summed E-state index contributed by atoms with van der Waals surface area (Å²) in [6, 6.07) is 7.05. The minimum Gasteiger partial charge on any atom is -0.493 e. The van der Waals surface area contributed by atoms with Gasteiger partial charge in [-0.1, -0.05) is 18.9 Å². The maximum atomic E-state index is 5.38. The molecule has 0 spiro atoms. The Balaban J connectivity index is 2.02. The van der Waals surface area contributed by atoms with Gasteiger partial charge in [0.15, 0.2) is 11.5 Å². The van der Waals surface area contributed by atoms with Gasteiger partial charge in [-0.2, -0.15) is 0 Å². The Morgan fingerprint density at radius 3 is 2.30 bits per heavy atom. The molecule has 3 nitrogen and oxygen atoms in total. The normalized spacial score (nSPS) is 18.8. The second kappa shape index (κ2) is 6.98. The van der Waals surface area contributed by atoms with E-state index in [0.717, 1.165) is 17.4 Å². The molecular formula is C17H27NO2. The third-order valence-electron chi connectivity index (χ3n) is 4.53. The van der Waals surface area contributed by atoms with Crippen LogP contribution < -0.4 is 14.8 Å². The number of rotatable bonds is 6. The van der Waals surface area contributed by atoms with Crippen LogP contribution in [-0.2, 0) is 0 Å². The zero-order chi connectivity index (χ0) is 14.5. The van der Waals surface area contributed by atoms with E-state index in [1.54, 1.807) is 14.2 Å². The number of ether oxygens (including phenoxy) is 2. The SMILES string of the molecule is COc1ccc(C(C)N[C@H](C)C2CCCC2)cc1OC. The van der Waals surface area contributed by atoms with Gasteiger partial charge in [-0.25, -0.2) is 0 Å². The maximum Gasteiger partial charge on any atom is 0.161 e. The van der Waals surface area contributed by atoms with E-state index in [-0.39, 0.29) is 0 Å². The summed E-state index contributed by atoms with van der Waals surface area (Å²) >= 11 is 0. The fourth-order valence-electron chi connectivity index (χ4n) is 3.21. The molecule has 0 amide bonds. The summed E-state index contributed by atoms with van der Waals surface area (Å²) in [5, 5.41) is 3.73. The van der Waals surface area contributed by atoms with Crippen LogP contribution >= 0.6 is 0 Å². The van der Waals surface area contributed by atoms with E-state index in [9.17, 15) is 0 Å². The minimum atomic E-state index is 0.324. The van der Waals surface area contributed by atoms with Crippen molar-refractivity contribution in [3.8, 4) is 11.5 Å². The van der Waals surface area contributed by atoms with Crippen molar-refractivity contribution in [2.75, 3.05) is 14.2 Å². The van der Waals surface area contributed by atoms with Crippen LogP contribution in [0.25, 0.3) is 0 Å². The molecule has 1 aromatic rings. The maximum absolute atomic E-state index is 5.38. The third-order valence-corrected chi connectivity index (χ3v) is 4.53. The summed E-state index contributed by atoms with van der Waals surface area (Å²) in [5.41, 5.74) is 1.24. The number of hydrogen-bond donors (Lipinski definition) is 1. The highest BCUT2D eigenvalue weighted by Gasteiger charge is 2.23. The van der Waals surface area contributed by atoms with E-state index in [4.69, 9.17) is 9.47 Å². The van der Waals surface area contributed by atoms with Crippen molar-refractivity contribution in [2.45, 2.75) is 51.6 Å². The molecule has 1 saturated carbocycles. The fraction of sp³-hybridized carbons (Fsp3) is 0.647. The average Bonchev–Trinajstić information content (AvgIpc) is 3.00. The van der Waals surface area contributed by atoms with E-state index in [1.807, 2.05) is 6.07 Å². The molecule has 0 radical (unpaired) electrons. The zero-order valence-corrected chi connectivity index (χ0v) is 13.1. The van der Waals surface area contributed by atoms with Crippen molar-refractivity contribution in [3.05, 3.63) is 23.8 Å².